The zero-order chi connectivity index (χ0) is 98.9. The maximum atomic E-state index is 6.06. The molecule has 716 valence electrons. The Bertz CT molecular complexity index is 7430. The van der Waals surface area contributed by atoms with E-state index in [1.54, 1.807) is 28.4 Å². The number of aliphatic imine (C=N–C) groups is 5. The van der Waals surface area contributed by atoms with Crippen LogP contribution in [0.15, 0.2) is 454 Å². The van der Waals surface area contributed by atoms with Gasteiger partial charge in [-0.2, -0.15) is 0 Å². The second-order valence-corrected chi connectivity index (χ2v) is 38.8. The van der Waals surface area contributed by atoms with E-state index < -0.39 is 0 Å². The fourth-order valence-corrected chi connectivity index (χ4v) is 19.5. The van der Waals surface area contributed by atoms with E-state index in [4.69, 9.17) is 83.4 Å². The van der Waals surface area contributed by atoms with Crippen LogP contribution in [0, 0.1) is 10.5 Å². The van der Waals surface area contributed by atoms with Crippen molar-refractivity contribution in [1.82, 2.24) is 0 Å². The molecule has 5 saturated heterocycles. The molecule has 5 atom stereocenters. The predicted octanol–water partition coefficient (Wildman–Crippen LogP) is 34.4. The highest BCUT2D eigenvalue weighted by Gasteiger charge is 2.42. The molecular formula is C124H105BrCl3IN10O5. The number of fused-ring (bicyclic) bond motifs is 3. The van der Waals surface area contributed by atoms with E-state index in [-0.39, 0.29) is 24.2 Å². The van der Waals surface area contributed by atoms with Crippen LogP contribution in [-0.4, -0.2) is 64.2 Å². The Morgan fingerprint density at radius 3 is 0.792 bits per heavy atom. The van der Waals surface area contributed by atoms with Crippen LogP contribution < -0.4 is 48.2 Å². The van der Waals surface area contributed by atoms with E-state index in [0.717, 1.165) is 161 Å². The molecule has 18 aromatic carbocycles. The topological polar surface area (TPSA) is 124 Å². The van der Waals surface area contributed by atoms with Gasteiger partial charge in [0, 0.05) is 83.7 Å². The zero-order valence-electron chi connectivity index (χ0n) is 80.4. The van der Waals surface area contributed by atoms with E-state index >= 15 is 0 Å². The van der Waals surface area contributed by atoms with Crippen LogP contribution in [0.5, 0.6) is 28.7 Å². The summed E-state index contributed by atoms with van der Waals surface area (Å²) >= 11 is 23.9. The minimum Gasteiger partial charge on any atom is -0.497 e. The maximum absolute atomic E-state index is 6.06. The Balaban J connectivity index is 0.000000114. The number of ether oxygens (including phenoxy) is 5. The number of hydrogen-bond donors (Lipinski definition) is 0. The molecule has 0 N–H and O–H groups in total. The Hall–Kier alpha value is -14.8. The highest BCUT2D eigenvalue weighted by molar-refractivity contribution is 14.1. The van der Waals surface area contributed by atoms with Crippen LogP contribution >= 0.6 is 73.3 Å². The van der Waals surface area contributed by atoms with Gasteiger partial charge in [-0.25, -0.2) is 25.0 Å². The first kappa shape index (κ1) is 98.0. The van der Waals surface area contributed by atoms with Crippen molar-refractivity contribution in [3.05, 3.63) is 481 Å². The molecule has 0 aromatic heterocycles. The minimum absolute atomic E-state index is 0.241. The van der Waals surface area contributed by atoms with Crippen molar-refractivity contribution < 1.29 is 23.7 Å². The summed E-state index contributed by atoms with van der Waals surface area (Å²) in [5.74, 6) is 9.59. The van der Waals surface area contributed by atoms with Gasteiger partial charge in [0.05, 0.1) is 93.7 Å². The number of nitrogens with zero attached hydrogens (tertiary/aromatic N) is 10. The average molecular weight is 2130 g/mol. The van der Waals surface area contributed by atoms with E-state index in [1.165, 1.54) is 69.3 Å². The van der Waals surface area contributed by atoms with E-state index in [2.05, 4.69) is 349 Å². The number of halogens is 5. The lowest BCUT2D eigenvalue weighted by molar-refractivity contribution is 0.340. The number of benzene rings is 18. The Labute approximate surface area is 878 Å². The monoisotopic (exact) mass is 2120 g/mol. The summed E-state index contributed by atoms with van der Waals surface area (Å²) in [4.78, 5) is 36.1. The number of anilines is 5. The van der Waals surface area contributed by atoms with Gasteiger partial charge in [0.1, 0.15) is 57.9 Å². The third-order valence-corrected chi connectivity index (χ3v) is 28.2. The molecule has 23 rings (SSSR count). The molecule has 18 aromatic rings. The van der Waals surface area contributed by atoms with Crippen LogP contribution in [0.1, 0.15) is 103 Å². The van der Waals surface area contributed by atoms with E-state index in [0.29, 0.717) is 17.7 Å². The van der Waals surface area contributed by atoms with Gasteiger partial charge in [0.15, 0.2) is 0 Å². The van der Waals surface area contributed by atoms with Gasteiger partial charge in [-0.1, -0.05) is 220 Å². The summed E-state index contributed by atoms with van der Waals surface area (Å²) in [5.41, 5.74) is 18.0. The summed E-state index contributed by atoms with van der Waals surface area (Å²) in [5, 5.41) is 9.75. The molecular weight excluding hydrogens is 2020 g/mol. The molecule has 20 heteroatoms. The van der Waals surface area contributed by atoms with Crippen molar-refractivity contribution in [3.63, 3.8) is 0 Å². The fraction of sp³-hybridized carbons (Fsp3) is 0.137. The maximum Gasteiger partial charge on any atom is 0.119 e. The number of rotatable bonds is 21. The Kier molecular flexibility index (Phi) is 31.3. The molecule has 5 aliphatic heterocycles. The van der Waals surface area contributed by atoms with Crippen LogP contribution in [0.4, 0.5) is 56.9 Å². The van der Waals surface area contributed by atoms with Crippen molar-refractivity contribution >= 4 is 192 Å². The lowest BCUT2D eigenvalue weighted by atomic mass is 9.91. The smallest absolute Gasteiger partial charge is 0.119 e. The molecule has 5 heterocycles. The molecule has 15 nitrogen and oxygen atoms in total. The minimum atomic E-state index is 0.241. The largest absolute Gasteiger partial charge is 0.497 e. The van der Waals surface area contributed by atoms with Crippen molar-refractivity contribution in [3.8, 4) is 28.7 Å². The van der Waals surface area contributed by atoms with Gasteiger partial charge >= 0.3 is 0 Å². The van der Waals surface area contributed by atoms with Crippen molar-refractivity contribution in [2.45, 2.75) is 76.2 Å². The SMILES string of the molecule is CCOc1ccc(N2C(=Nc3ccc(Cl)cc3)CC2c2ccc3ccccc3c2)cc1.COc1ccc(N2C(=Nc3ccc(Br)cc3)CC2c2ccc(Cl)cc2)cc1.COc1ccc(N2C(=Nc3ccc(C)cc3)CC2c2ccccc2)cc1.COc1ccc(N2C(=Nc3ccc(Cl)cc3)CC2c2ccc3ccccc3c2)cc1.COc1ccc(N2C(=Nc3ccc(I)cc3)CC2c2ccc3ccccc3c2)cc1. The Morgan fingerprint density at radius 2 is 0.500 bits per heavy atom. The molecule has 0 bridgehead atoms. The van der Waals surface area contributed by atoms with Crippen molar-refractivity contribution in [2.75, 3.05) is 59.5 Å². The summed E-state index contributed by atoms with van der Waals surface area (Å²) in [6, 6.07) is 147. The highest BCUT2D eigenvalue weighted by Crippen LogP contribution is 2.49. The molecule has 0 spiro atoms. The van der Waals surface area contributed by atoms with Gasteiger partial charge in [0.25, 0.3) is 0 Å². The predicted molar refractivity (Wildman–Crippen MR) is 611 cm³/mol. The number of aryl methyl sites for hydroxylation is 1. The van der Waals surface area contributed by atoms with Crippen LogP contribution in [-0.2, 0) is 0 Å². The summed E-state index contributed by atoms with van der Waals surface area (Å²) in [6.07, 6.45) is 4.49. The van der Waals surface area contributed by atoms with Crippen molar-refractivity contribution in [1.29, 1.82) is 0 Å². The molecule has 0 radical (unpaired) electrons. The van der Waals surface area contributed by atoms with Gasteiger partial charge in [-0.15, -0.1) is 0 Å². The summed E-state index contributed by atoms with van der Waals surface area (Å²) in [6.45, 7) is 4.75. The number of amidine groups is 5. The second-order valence-electron chi connectivity index (χ2n) is 35.3. The quantitative estimate of drug-likeness (QED) is 0.0642. The third-order valence-electron chi connectivity index (χ3n) is 26.2. The van der Waals surface area contributed by atoms with Gasteiger partial charge in [-0.3, -0.25) is 0 Å². The van der Waals surface area contributed by atoms with Crippen LogP contribution in [0.25, 0.3) is 32.3 Å². The number of methoxy groups -OCH3 is 4. The second kappa shape index (κ2) is 46.0. The third kappa shape index (κ3) is 23.4. The first-order valence-corrected chi connectivity index (χ1v) is 51.0. The first-order valence-electron chi connectivity index (χ1n) is 48.0. The standard InChI is InChI=1S/C27H23ClN2O.C26H21ClN2O.C26H21IN2O.C23H22N2O.C22H18BrClN2O/c1-2-31-25-15-13-24(14-16-25)30-26(18-27(30)29-23-11-9-22(28)10-12-23)21-8-7-19-5-3-4-6-20(19)17-21;2*1-30-24-14-12-23(13-15-24)29-25(17-26(29)28-22-10-8-21(27)9-11-22)20-7-6-18-4-2-3-5-19(18)16-20;1-17-8-10-19(11-9-17)24-23-16-22(18-6-4-3-5-7-18)25(23)20-12-14-21(26-2)15-13-20;1-27-20-12-10-19(11-13-20)26-21(15-2-6-17(24)7-3-15)14-22(26)25-18-8-4-16(23)5-9-18/h3-17,26H,2,18H2,1H3;2*2-16,25H,17H2,1H3;3-15,22H,16H2,1-2H3;2-13,21H,14H2,1H3. The highest BCUT2D eigenvalue weighted by atomic mass is 127. The fourth-order valence-electron chi connectivity index (χ4n) is 18.5. The zero-order valence-corrected chi connectivity index (χ0v) is 86.5. The lowest BCUT2D eigenvalue weighted by Gasteiger charge is -2.44. The lowest BCUT2D eigenvalue weighted by Crippen LogP contribution is -2.46. The van der Waals surface area contributed by atoms with Gasteiger partial charge < -0.3 is 48.2 Å². The van der Waals surface area contributed by atoms with Crippen LogP contribution in [0.2, 0.25) is 15.1 Å². The first-order chi connectivity index (χ1) is 70.5. The summed E-state index contributed by atoms with van der Waals surface area (Å²) < 4.78 is 29.2. The molecule has 0 amide bonds. The molecule has 144 heavy (non-hydrogen) atoms. The Morgan fingerprint density at radius 1 is 0.264 bits per heavy atom. The number of hydrogen-bond acceptors (Lipinski definition) is 10. The van der Waals surface area contributed by atoms with Gasteiger partial charge in [-0.05, 0) is 357 Å². The molecule has 5 fully saturated rings. The normalized spacial score (nSPS) is 17.4. The van der Waals surface area contributed by atoms with Crippen molar-refractivity contribution in [2.24, 2.45) is 25.0 Å². The molecule has 5 aliphatic rings. The van der Waals surface area contributed by atoms with E-state index in [9.17, 15) is 0 Å². The average Bonchev–Trinajstić information content (AvgIpc) is 0.766. The molecule has 5 unspecified atom stereocenters. The summed E-state index contributed by atoms with van der Waals surface area (Å²) in [7, 11) is 6.75. The molecule has 0 saturated carbocycles. The van der Waals surface area contributed by atoms with E-state index in [1.807, 2.05) is 153 Å². The van der Waals surface area contributed by atoms with Gasteiger partial charge in [0.2, 0.25) is 0 Å². The molecule has 0 aliphatic carbocycles. The van der Waals surface area contributed by atoms with Crippen LogP contribution in [0.3, 0.4) is 0 Å².